The van der Waals surface area contributed by atoms with Gasteiger partial charge in [-0.2, -0.15) is 0 Å². The summed E-state index contributed by atoms with van der Waals surface area (Å²) in [4.78, 5) is 37.4. The van der Waals surface area contributed by atoms with E-state index in [-0.39, 0.29) is 18.4 Å². The van der Waals surface area contributed by atoms with Crippen LogP contribution in [0.1, 0.15) is 64.0 Å². The van der Waals surface area contributed by atoms with Crippen molar-refractivity contribution in [1.29, 1.82) is 0 Å². The van der Waals surface area contributed by atoms with Crippen LogP contribution in [-0.4, -0.2) is 39.5 Å². The Morgan fingerprint density at radius 3 is 2.31 bits per heavy atom. The SMILES string of the molecule is CC(C)C[C@H](CC(=O)N(O)O)C(=O)N[C@H](C(=O)OC1CCCC1)c1ccccc1. The van der Waals surface area contributed by atoms with Crippen molar-refractivity contribution in [3.8, 4) is 0 Å². The van der Waals surface area contributed by atoms with Gasteiger partial charge in [0.05, 0.1) is 0 Å². The van der Waals surface area contributed by atoms with E-state index in [0.29, 0.717) is 12.0 Å². The lowest BCUT2D eigenvalue weighted by Gasteiger charge is -2.24. The molecule has 1 aromatic carbocycles. The summed E-state index contributed by atoms with van der Waals surface area (Å²) in [6.45, 7) is 3.78. The van der Waals surface area contributed by atoms with E-state index >= 15 is 0 Å². The first-order chi connectivity index (χ1) is 13.8. The number of hydrogen-bond donors (Lipinski definition) is 3. The molecular formula is C21H30N2O6. The minimum absolute atomic E-state index is 0.0880. The fraction of sp³-hybridized carbons (Fsp3) is 0.571. The molecule has 2 amide bonds. The van der Waals surface area contributed by atoms with Crippen molar-refractivity contribution in [2.24, 2.45) is 11.8 Å². The minimum Gasteiger partial charge on any atom is -0.461 e. The summed E-state index contributed by atoms with van der Waals surface area (Å²) >= 11 is 0. The highest BCUT2D eigenvalue weighted by Gasteiger charge is 2.32. The molecule has 8 heteroatoms. The maximum atomic E-state index is 12.9. The summed E-state index contributed by atoms with van der Waals surface area (Å²) in [6, 6.07) is 7.80. The van der Waals surface area contributed by atoms with Gasteiger partial charge >= 0.3 is 5.97 Å². The quantitative estimate of drug-likeness (QED) is 0.330. The van der Waals surface area contributed by atoms with Gasteiger partial charge in [-0.25, -0.2) is 4.79 Å². The monoisotopic (exact) mass is 406 g/mol. The van der Waals surface area contributed by atoms with Gasteiger partial charge in [0.25, 0.3) is 5.91 Å². The zero-order chi connectivity index (χ0) is 21.4. The molecule has 3 N–H and O–H groups in total. The second-order valence-corrected chi connectivity index (χ2v) is 7.91. The number of ether oxygens (including phenoxy) is 1. The summed E-state index contributed by atoms with van der Waals surface area (Å²) < 4.78 is 5.60. The molecule has 1 aromatic rings. The van der Waals surface area contributed by atoms with Crippen LogP contribution in [0.5, 0.6) is 0 Å². The summed E-state index contributed by atoms with van der Waals surface area (Å²) in [7, 11) is 0. The van der Waals surface area contributed by atoms with Crippen LogP contribution in [0, 0.1) is 11.8 Å². The Hall–Kier alpha value is -2.45. The van der Waals surface area contributed by atoms with Gasteiger partial charge in [0.15, 0.2) is 6.04 Å². The molecule has 8 nitrogen and oxygen atoms in total. The van der Waals surface area contributed by atoms with Crippen molar-refractivity contribution in [2.45, 2.75) is 64.5 Å². The van der Waals surface area contributed by atoms with Crippen LogP contribution in [-0.2, 0) is 19.1 Å². The fourth-order valence-corrected chi connectivity index (χ4v) is 3.57. The number of nitrogens with one attached hydrogen (secondary N) is 1. The summed E-state index contributed by atoms with van der Waals surface area (Å²) in [5.74, 6) is -2.75. The zero-order valence-electron chi connectivity index (χ0n) is 16.9. The lowest BCUT2D eigenvalue weighted by molar-refractivity contribution is -0.285. The van der Waals surface area contributed by atoms with E-state index in [1.54, 1.807) is 24.3 Å². The van der Waals surface area contributed by atoms with E-state index in [1.165, 1.54) is 0 Å². The molecule has 1 aliphatic carbocycles. The Bertz CT molecular complexity index is 686. The topological polar surface area (TPSA) is 116 Å². The fourth-order valence-electron chi connectivity index (χ4n) is 3.57. The van der Waals surface area contributed by atoms with Gasteiger partial charge in [-0.15, -0.1) is 0 Å². The molecule has 2 rings (SSSR count). The molecule has 2 atom stereocenters. The predicted octanol–water partition coefficient (Wildman–Crippen LogP) is 2.99. The molecule has 1 saturated carbocycles. The highest BCUT2D eigenvalue weighted by atomic mass is 16.8. The maximum Gasteiger partial charge on any atom is 0.333 e. The number of carbonyl (C=O) groups is 3. The molecular weight excluding hydrogens is 376 g/mol. The van der Waals surface area contributed by atoms with Crippen molar-refractivity contribution in [3.63, 3.8) is 0 Å². The van der Waals surface area contributed by atoms with Crippen molar-refractivity contribution >= 4 is 17.8 Å². The number of hydrogen-bond acceptors (Lipinski definition) is 6. The third kappa shape index (κ3) is 7.14. The second-order valence-electron chi connectivity index (χ2n) is 7.91. The lowest BCUT2D eigenvalue weighted by Crippen LogP contribution is -2.41. The molecule has 0 radical (unpaired) electrons. The minimum atomic E-state index is -0.992. The summed E-state index contributed by atoms with van der Waals surface area (Å²) in [5, 5.41) is 20.1. The van der Waals surface area contributed by atoms with Crippen molar-refractivity contribution in [2.75, 3.05) is 0 Å². The number of nitrogens with zero attached hydrogens (tertiary/aromatic N) is 1. The lowest BCUT2D eigenvalue weighted by atomic mass is 9.92. The first-order valence-electron chi connectivity index (χ1n) is 10.0. The third-order valence-corrected chi connectivity index (χ3v) is 5.01. The van der Waals surface area contributed by atoms with Crippen LogP contribution in [0.3, 0.4) is 0 Å². The van der Waals surface area contributed by atoms with Gasteiger partial charge in [-0.05, 0) is 43.6 Å². The number of esters is 1. The van der Waals surface area contributed by atoms with E-state index in [1.807, 2.05) is 19.9 Å². The summed E-state index contributed by atoms with van der Waals surface area (Å²) in [5.41, 5.74) is 0.587. The molecule has 0 bridgehead atoms. The van der Waals surface area contributed by atoms with Gasteiger partial charge in [0, 0.05) is 12.3 Å². The van der Waals surface area contributed by atoms with E-state index in [0.717, 1.165) is 25.7 Å². The highest BCUT2D eigenvalue weighted by Crippen LogP contribution is 2.25. The van der Waals surface area contributed by atoms with Crippen LogP contribution in [0.4, 0.5) is 0 Å². The molecule has 1 fully saturated rings. The average Bonchev–Trinajstić information content (AvgIpc) is 3.18. The molecule has 29 heavy (non-hydrogen) atoms. The van der Waals surface area contributed by atoms with Gasteiger partial charge in [0.1, 0.15) is 6.10 Å². The van der Waals surface area contributed by atoms with E-state index in [2.05, 4.69) is 5.32 Å². The molecule has 0 aliphatic heterocycles. The zero-order valence-corrected chi connectivity index (χ0v) is 16.9. The predicted molar refractivity (Wildman–Crippen MR) is 104 cm³/mol. The van der Waals surface area contributed by atoms with Crippen LogP contribution in [0.25, 0.3) is 0 Å². The largest absolute Gasteiger partial charge is 0.461 e. The standard InChI is InChI=1S/C21H30N2O6/c1-14(2)12-16(13-18(24)23(27)28)20(25)22-19(15-8-4-3-5-9-15)21(26)29-17-10-6-7-11-17/h3-5,8-9,14,16-17,19,27-28H,6-7,10-13H2,1-2H3,(H,22,25)/t16-,19+/m1/s1. The van der Waals surface area contributed by atoms with Crippen LogP contribution < -0.4 is 5.32 Å². The average molecular weight is 406 g/mol. The number of carbonyl (C=O) groups excluding carboxylic acids is 3. The second kappa shape index (κ2) is 10.9. The van der Waals surface area contributed by atoms with Crippen LogP contribution in [0.15, 0.2) is 30.3 Å². The number of hydroxylamine groups is 2. The summed E-state index contributed by atoms with van der Waals surface area (Å²) in [6.07, 6.45) is 3.48. The third-order valence-electron chi connectivity index (χ3n) is 5.01. The first kappa shape index (κ1) is 22.8. The number of benzene rings is 1. The molecule has 0 unspecified atom stereocenters. The Balaban J connectivity index is 2.16. The van der Waals surface area contributed by atoms with Crippen LogP contribution in [0.2, 0.25) is 0 Å². The van der Waals surface area contributed by atoms with E-state index in [9.17, 15) is 14.4 Å². The van der Waals surface area contributed by atoms with Gasteiger partial charge in [-0.1, -0.05) is 49.4 Å². The smallest absolute Gasteiger partial charge is 0.333 e. The first-order valence-corrected chi connectivity index (χ1v) is 10.0. The van der Waals surface area contributed by atoms with Crippen molar-refractivity contribution < 1.29 is 29.5 Å². The molecule has 0 heterocycles. The number of rotatable bonds is 9. The van der Waals surface area contributed by atoms with Crippen molar-refractivity contribution in [1.82, 2.24) is 10.5 Å². The van der Waals surface area contributed by atoms with E-state index in [4.69, 9.17) is 15.2 Å². The number of amides is 2. The normalized spacial score (nSPS) is 16.3. The Morgan fingerprint density at radius 1 is 1.14 bits per heavy atom. The van der Waals surface area contributed by atoms with Crippen molar-refractivity contribution in [3.05, 3.63) is 35.9 Å². The Labute approximate surface area is 170 Å². The van der Waals surface area contributed by atoms with E-state index < -0.39 is 35.0 Å². The van der Waals surface area contributed by atoms with Crippen LogP contribution >= 0.6 is 0 Å². The Kier molecular flexibility index (Phi) is 8.60. The van der Waals surface area contributed by atoms with Gasteiger partial charge in [0.2, 0.25) is 5.91 Å². The van der Waals surface area contributed by atoms with Gasteiger partial charge in [-0.3, -0.25) is 20.0 Å². The highest BCUT2D eigenvalue weighted by molar-refractivity contribution is 5.89. The molecule has 0 spiro atoms. The molecule has 1 aliphatic rings. The molecule has 0 saturated heterocycles. The van der Waals surface area contributed by atoms with Gasteiger partial charge < -0.3 is 10.1 Å². The maximum absolute atomic E-state index is 12.9. The Morgan fingerprint density at radius 2 is 1.76 bits per heavy atom. The molecule has 160 valence electrons. The molecule has 0 aromatic heterocycles.